The van der Waals surface area contributed by atoms with Crippen molar-refractivity contribution in [3.05, 3.63) is 180 Å². The van der Waals surface area contributed by atoms with E-state index in [1.165, 1.54) is 97.7 Å². The fourth-order valence-electron chi connectivity index (χ4n) is 11.3. The van der Waals surface area contributed by atoms with Crippen molar-refractivity contribution in [1.29, 1.82) is 0 Å². The molecule has 8 aromatic carbocycles. The van der Waals surface area contributed by atoms with Crippen LogP contribution in [0.1, 0.15) is 105 Å². The Morgan fingerprint density at radius 2 is 0.957 bits per heavy atom. The van der Waals surface area contributed by atoms with E-state index in [2.05, 4.69) is 255 Å². The Bertz CT molecular complexity index is 3640. The van der Waals surface area contributed by atoms with Crippen LogP contribution in [-0.4, -0.2) is 11.3 Å². The summed E-state index contributed by atoms with van der Waals surface area (Å²) in [7, 11) is 0. The predicted molar refractivity (Wildman–Crippen MR) is 302 cm³/mol. The summed E-state index contributed by atoms with van der Waals surface area (Å²) in [4.78, 5) is 5.08. The van der Waals surface area contributed by atoms with E-state index in [-0.39, 0.29) is 28.4 Å². The Morgan fingerprint density at radius 1 is 0.406 bits per heavy atom. The van der Waals surface area contributed by atoms with Crippen LogP contribution in [0.3, 0.4) is 0 Å². The van der Waals surface area contributed by atoms with Gasteiger partial charge in [0.25, 0.3) is 6.71 Å². The van der Waals surface area contributed by atoms with Crippen molar-refractivity contribution >= 4 is 111 Å². The second-order valence-corrected chi connectivity index (χ2v) is 25.0. The van der Waals surface area contributed by atoms with Crippen molar-refractivity contribution < 1.29 is 0 Å². The molecule has 2 aliphatic rings. The zero-order chi connectivity index (χ0) is 48.1. The number of anilines is 6. The normalized spacial score (nSPS) is 13.7. The number of benzene rings is 8. The van der Waals surface area contributed by atoms with Gasteiger partial charge in [0.1, 0.15) is 0 Å². The summed E-state index contributed by atoms with van der Waals surface area (Å²) in [5.74, 6) is 0. The number of hydrogen-bond donors (Lipinski definition) is 0. The van der Waals surface area contributed by atoms with Crippen LogP contribution in [-0.2, 0) is 21.7 Å². The van der Waals surface area contributed by atoms with Crippen LogP contribution in [0, 0.1) is 0 Å². The van der Waals surface area contributed by atoms with Crippen molar-refractivity contribution in [2.75, 3.05) is 9.80 Å². The van der Waals surface area contributed by atoms with Gasteiger partial charge in [0.2, 0.25) is 0 Å². The largest absolute Gasteiger partial charge is 0.311 e. The number of nitrogens with zero attached hydrogens (tertiary/aromatic N) is 3. The Morgan fingerprint density at radius 3 is 1.57 bits per heavy atom. The van der Waals surface area contributed by atoms with Crippen molar-refractivity contribution in [3.63, 3.8) is 0 Å². The Balaban J connectivity index is 1.22. The highest BCUT2D eigenvalue weighted by Crippen LogP contribution is 2.48. The van der Waals surface area contributed by atoms with E-state index in [1.54, 1.807) is 0 Å². The molecule has 0 amide bonds. The molecule has 0 fully saturated rings. The van der Waals surface area contributed by atoms with Gasteiger partial charge in [-0.2, -0.15) is 0 Å². The third-order valence-electron chi connectivity index (χ3n) is 15.2. The van der Waals surface area contributed by atoms with Gasteiger partial charge in [-0.3, -0.25) is 0 Å². The molecule has 0 unspecified atom stereocenters. The van der Waals surface area contributed by atoms with Crippen LogP contribution in [0.25, 0.3) is 47.7 Å². The zero-order valence-corrected chi connectivity index (χ0v) is 43.2. The van der Waals surface area contributed by atoms with Gasteiger partial charge < -0.3 is 14.4 Å². The molecule has 0 spiro atoms. The van der Waals surface area contributed by atoms with Gasteiger partial charge in [-0.05, 0) is 133 Å². The molecular weight excluding hydrogens is 854 g/mol. The average molecular weight is 916 g/mol. The van der Waals surface area contributed by atoms with E-state index < -0.39 is 0 Å². The summed E-state index contributed by atoms with van der Waals surface area (Å²) in [5.41, 5.74) is 20.2. The first kappa shape index (κ1) is 43.7. The molecule has 10 aromatic rings. The molecule has 69 heavy (non-hydrogen) atoms. The van der Waals surface area contributed by atoms with Gasteiger partial charge in [-0.1, -0.05) is 168 Å². The van der Waals surface area contributed by atoms with Crippen LogP contribution < -0.4 is 26.2 Å². The first-order valence-corrected chi connectivity index (χ1v) is 25.7. The van der Waals surface area contributed by atoms with Crippen LogP contribution in [0.4, 0.5) is 34.1 Å². The third kappa shape index (κ3) is 6.90. The van der Waals surface area contributed by atoms with Gasteiger partial charge in [-0.25, -0.2) is 0 Å². The van der Waals surface area contributed by atoms with E-state index in [4.69, 9.17) is 0 Å². The molecule has 2 aromatic heterocycles. The first-order valence-electron chi connectivity index (χ1n) is 24.9. The third-order valence-corrected chi connectivity index (χ3v) is 16.3. The molecule has 0 saturated heterocycles. The maximum absolute atomic E-state index is 2.65. The van der Waals surface area contributed by atoms with Crippen molar-refractivity contribution in [2.24, 2.45) is 0 Å². The van der Waals surface area contributed by atoms with E-state index in [0.717, 1.165) is 22.7 Å². The number of hydrogen-bond acceptors (Lipinski definition) is 3. The summed E-state index contributed by atoms with van der Waals surface area (Å²) in [6, 6.07) is 61.4. The van der Waals surface area contributed by atoms with E-state index in [1.807, 2.05) is 11.3 Å². The molecule has 0 radical (unpaired) electrons. The predicted octanol–water partition coefficient (Wildman–Crippen LogP) is 16.4. The monoisotopic (exact) mass is 915 g/mol. The fourth-order valence-corrected chi connectivity index (χ4v) is 12.4. The Labute approximate surface area is 413 Å². The fraction of sp³-hybridized carbons (Fsp3) is 0.250. The lowest BCUT2D eigenvalue weighted by atomic mass is 9.33. The lowest BCUT2D eigenvalue weighted by molar-refractivity contribution is 0.590. The highest BCUT2D eigenvalue weighted by molar-refractivity contribution is 7.25. The molecule has 5 heteroatoms. The number of thiophene rings is 1. The van der Waals surface area contributed by atoms with Crippen LogP contribution in [0.5, 0.6) is 0 Å². The Kier molecular flexibility index (Phi) is 9.48. The molecule has 0 N–H and O–H groups in total. The molecule has 2 aliphatic heterocycles. The summed E-state index contributed by atoms with van der Waals surface area (Å²) < 4.78 is 5.30. The minimum absolute atomic E-state index is 0.0134. The van der Waals surface area contributed by atoms with Crippen LogP contribution in [0.15, 0.2) is 158 Å². The molecule has 12 rings (SSSR count). The number of rotatable bonds is 4. The molecule has 4 heterocycles. The number of para-hydroxylation sites is 1. The van der Waals surface area contributed by atoms with Gasteiger partial charge in [0.15, 0.2) is 0 Å². The highest BCUT2D eigenvalue weighted by atomic mass is 32.1. The molecular formula is C64H62BN3S. The van der Waals surface area contributed by atoms with E-state index in [9.17, 15) is 0 Å². The minimum Gasteiger partial charge on any atom is -0.311 e. The van der Waals surface area contributed by atoms with E-state index in [0.29, 0.717) is 0 Å². The topological polar surface area (TPSA) is 11.4 Å². The minimum atomic E-state index is -0.0309. The number of fused-ring (bicyclic) bond motifs is 10. The molecule has 0 atom stereocenters. The standard InChI is InChI=1S/C64H62BN3S/c1-61(2,3)39-20-27-43(28-21-39)66(44-29-22-40(23-30-44)62(4,5)6)46-35-55-59-56(36-46)68-54-37-50-47-16-13-14-19-57(47)69-58(50)38-49(54)48-17-15-18-51(60(48)68)65(59)52-34-42(64(10,11)12)26-33-53(52)67(55)45-31-24-41(25-32-45)63(7,8)9/h13-38H,1-12H3. The number of aromatic nitrogens is 1. The summed E-state index contributed by atoms with van der Waals surface area (Å²) >= 11 is 1.90. The SMILES string of the molecule is CC(C)(C)c1ccc(N(c2ccc(C(C)(C)C)cc2)c2cc3c4c(c2)-n2c5cc6c(cc5c5cccc(c52)B4c2cc(C(C)(C)C)ccc2N3c2ccc(C(C)(C)C)cc2)sc2ccccc26)cc1. The maximum Gasteiger partial charge on any atom is 0.252 e. The highest BCUT2D eigenvalue weighted by Gasteiger charge is 2.43. The van der Waals surface area contributed by atoms with Gasteiger partial charge in [-0.15, -0.1) is 11.3 Å². The quantitative estimate of drug-likeness (QED) is 0.163. The summed E-state index contributed by atoms with van der Waals surface area (Å²) in [5, 5.41) is 5.24. The lowest BCUT2D eigenvalue weighted by Gasteiger charge is -2.42. The average Bonchev–Trinajstić information content (AvgIpc) is 3.84. The maximum atomic E-state index is 2.65. The van der Waals surface area contributed by atoms with Gasteiger partial charge in [0.05, 0.1) is 11.2 Å². The van der Waals surface area contributed by atoms with Crippen LogP contribution in [0.2, 0.25) is 0 Å². The lowest BCUT2D eigenvalue weighted by Crippen LogP contribution is -2.60. The van der Waals surface area contributed by atoms with Gasteiger partial charge >= 0.3 is 0 Å². The van der Waals surface area contributed by atoms with Crippen molar-refractivity contribution in [3.8, 4) is 5.69 Å². The molecule has 342 valence electrons. The Hall–Kier alpha value is -6.56. The van der Waals surface area contributed by atoms with E-state index >= 15 is 0 Å². The molecule has 3 nitrogen and oxygen atoms in total. The molecule has 0 saturated carbocycles. The first-order chi connectivity index (χ1) is 32.7. The van der Waals surface area contributed by atoms with Crippen molar-refractivity contribution in [2.45, 2.75) is 105 Å². The summed E-state index contributed by atoms with van der Waals surface area (Å²) in [6.07, 6.45) is 0. The smallest absolute Gasteiger partial charge is 0.252 e. The van der Waals surface area contributed by atoms with Crippen molar-refractivity contribution in [1.82, 2.24) is 4.57 Å². The van der Waals surface area contributed by atoms with Crippen LogP contribution >= 0.6 is 11.3 Å². The second-order valence-electron chi connectivity index (χ2n) is 24.0. The second kappa shape index (κ2) is 15.0. The van der Waals surface area contributed by atoms with Gasteiger partial charge in [0, 0.05) is 70.6 Å². The summed E-state index contributed by atoms with van der Waals surface area (Å²) in [6.45, 7) is 27.8. The zero-order valence-electron chi connectivity index (χ0n) is 42.3. The molecule has 0 aliphatic carbocycles. The molecule has 0 bridgehead atoms.